The number of anilines is 1. The molecule has 2 aromatic heterocycles. The number of hydrogen-bond donors (Lipinski definition) is 2. The van der Waals surface area contributed by atoms with E-state index in [4.69, 9.17) is 5.73 Å². The fourth-order valence-corrected chi connectivity index (χ4v) is 1.19. The Hall–Kier alpha value is -2.35. The largest absolute Gasteiger partial charge is 0.329 e. The van der Waals surface area contributed by atoms with E-state index in [1.54, 1.807) is 0 Å². The van der Waals surface area contributed by atoms with Crippen molar-refractivity contribution in [2.24, 2.45) is 5.73 Å². The van der Waals surface area contributed by atoms with E-state index in [0.29, 0.717) is 18.9 Å². The smallest absolute Gasteiger partial charge is 0.279 e. The molecule has 3 N–H and O–H groups in total. The van der Waals surface area contributed by atoms with E-state index < -0.39 is 0 Å². The molecule has 0 saturated heterocycles. The third kappa shape index (κ3) is 2.82. The summed E-state index contributed by atoms with van der Waals surface area (Å²) in [7, 11) is 0. The van der Waals surface area contributed by atoms with E-state index >= 15 is 0 Å². The fourth-order valence-electron chi connectivity index (χ4n) is 1.19. The Balaban J connectivity index is 2.04. The topological polar surface area (TPSA) is 112 Å². The van der Waals surface area contributed by atoms with Crippen molar-refractivity contribution in [1.82, 2.24) is 25.0 Å². The first kappa shape index (κ1) is 11.1. The van der Waals surface area contributed by atoms with Crippen molar-refractivity contribution in [1.29, 1.82) is 0 Å². The standard InChI is InChI=1S/C9H11N7O/c10-1-4-16-6-7(14-15-16)9(17)13-8-5-11-2-3-12-8/h2-3,5-6H,1,4,10H2,(H,12,13,17). The summed E-state index contributed by atoms with van der Waals surface area (Å²) in [5.74, 6) is -0.0142. The summed E-state index contributed by atoms with van der Waals surface area (Å²) < 4.78 is 1.51. The molecule has 0 bridgehead atoms. The van der Waals surface area contributed by atoms with Crippen LogP contribution in [0.4, 0.5) is 5.82 Å². The zero-order valence-electron chi connectivity index (χ0n) is 8.95. The molecule has 0 aliphatic heterocycles. The maximum Gasteiger partial charge on any atom is 0.279 e. The van der Waals surface area contributed by atoms with Gasteiger partial charge in [0.1, 0.15) is 0 Å². The Morgan fingerprint density at radius 1 is 1.47 bits per heavy atom. The molecule has 2 heterocycles. The van der Waals surface area contributed by atoms with Crippen molar-refractivity contribution in [2.75, 3.05) is 11.9 Å². The average molecular weight is 233 g/mol. The molecule has 2 rings (SSSR count). The van der Waals surface area contributed by atoms with E-state index in [0.717, 1.165) is 0 Å². The molecule has 0 atom stereocenters. The van der Waals surface area contributed by atoms with E-state index in [1.807, 2.05) is 0 Å². The van der Waals surface area contributed by atoms with Gasteiger partial charge < -0.3 is 11.1 Å². The van der Waals surface area contributed by atoms with Crippen LogP contribution in [-0.4, -0.2) is 37.4 Å². The lowest BCUT2D eigenvalue weighted by molar-refractivity contribution is 0.102. The van der Waals surface area contributed by atoms with E-state index in [1.165, 1.54) is 29.5 Å². The SMILES string of the molecule is NCCn1cc(C(=O)Nc2cnccn2)nn1. The molecule has 0 fully saturated rings. The Labute approximate surface area is 96.9 Å². The third-order valence-corrected chi connectivity index (χ3v) is 1.93. The Kier molecular flexibility index (Phi) is 3.36. The van der Waals surface area contributed by atoms with Crippen molar-refractivity contribution in [3.05, 3.63) is 30.5 Å². The highest BCUT2D eigenvalue weighted by atomic mass is 16.2. The van der Waals surface area contributed by atoms with Crippen molar-refractivity contribution in [2.45, 2.75) is 6.54 Å². The van der Waals surface area contributed by atoms with Crippen LogP contribution < -0.4 is 11.1 Å². The van der Waals surface area contributed by atoms with Gasteiger partial charge in [0, 0.05) is 18.9 Å². The number of amides is 1. The molecule has 8 heteroatoms. The number of aromatic nitrogens is 5. The molecule has 0 unspecified atom stereocenters. The number of hydrogen-bond acceptors (Lipinski definition) is 6. The molecule has 0 aromatic carbocycles. The van der Waals surface area contributed by atoms with Gasteiger partial charge in [-0.3, -0.25) is 14.5 Å². The number of nitrogens with one attached hydrogen (secondary N) is 1. The third-order valence-electron chi connectivity index (χ3n) is 1.93. The van der Waals surface area contributed by atoms with Crippen LogP contribution in [0.3, 0.4) is 0 Å². The summed E-state index contributed by atoms with van der Waals surface area (Å²) in [6.07, 6.45) is 5.98. The van der Waals surface area contributed by atoms with E-state index in [-0.39, 0.29) is 11.6 Å². The molecule has 17 heavy (non-hydrogen) atoms. The van der Waals surface area contributed by atoms with Crippen LogP contribution in [0.15, 0.2) is 24.8 Å². The summed E-state index contributed by atoms with van der Waals surface area (Å²) in [4.78, 5) is 19.5. The summed E-state index contributed by atoms with van der Waals surface area (Å²) in [6, 6.07) is 0. The summed E-state index contributed by atoms with van der Waals surface area (Å²) in [6.45, 7) is 0.958. The zero-order chi connectivity index (χ0) is 12.1. The van der Waals surface area contributed by atoms with Gasteiger partial charge in [0.15, 0.2) is 11.5 Å². The lowest BCUT2D eigenvalue weighted by Gasteiger charge is -1.99. The van der Waals surface area contributed by atoms with Gasteiger partial charge in [-0.25, -0.2) is 4.98 Å². The predicted octanol–water partition coefficient (Wildman–Crippen LogP) is -0.721. The van der Waals surface area contributed by atoms with Gasteiger partial charge in [0.2, 0.25) is 0 Å². The molecule has 0 aliphatic carbocycles. The molecule has 2 aromatic rings. The maximum absolute atomic E-state index is 11.7. The number of carbonyl (C=O) groups excluding carboxylic acids is 1. The first-order valence-electron chi connectivity index (χ1n) is 4.97. The van der Waals surface area contributed by atoms with Crippen LogP contribution >= 0.6 is 0 Å². The fraction of sp³-hybridized carbons (Fsp3) is 0.222. The average Bonchev–Trinajstić information content (AvgIpc) is 2.79. The highest BCUT2D eigenvalue weighted by Gasteiger charge is 2.11. The van der Waals surface area contributed by atoms with Crippen LogP contribution in [0.1, 0.15) is 10.5 Å². The molecule has 1 amide bonds. The minimum atomic E-state index is -0.381. The Morgan fingerprint density at radius 2 is 2.35 bits per heavy atom. The van der Waals surface area contributed by atoms with Crippen LogP contribution in [0, 0.1) is 0 Å². The number of rotatable bonds is 4. The van der Waals surface area contributed by atoms with Crippen LogP contribution in [-0.2, 0) is 6.54 Å². The second-order valence-corrected chi connectivity index (χ2v) is 3.20. The number of nitrogens with two attached hydrogens (primary N) is 1. The van der Waals surface area contributed by atoms with Gasteiger partial charge >= 0.3 is 0 Å². The zero-order valence-corrected chi connectivity index (χ0v) is 8.95. The summed E-state index contributed by atoms with van der Waals surface area (Å²) in [5, 5.41) is 10.0. The van der Waals surface area contributed by atoms with Crippen LogP contribution in [0.2, 0.25) is 0 Å². The summed E-state index contributed by atoms with van der Waals surface area (Å²) >= 11 is 0. The van der Waals surface area contributed by atoms with Crippen LogP contribution in [0.5, 0.6) is 0 Å². The molecule has 0 saturated carbocycles. The molecular weight excluding hydrogens is 222 g/mol. The molecule has 8 nitrogen and oxygen atoms in total. The van der Waals surface area contributed by atoms with Gasteiger partial charge in [-0.1, -0.05) is 5.21 Å². The number of nitrogens with zero attached hydrogens (tertiary/aromatic N) is 5. The van der Waals surface area contributed by atoms with E-state index in [9.17, 15) is 4.79 Å². The predicted molar refractivity (Wildman–Crippen MR) is 59.1 cm³/mol. The summed E-state index contributed by atoms with van der Waals surface area (Å²) in [5.41, 5.74) is 5.57. The first-order valence-corrected chi connectivity index (χ1v) is 4.97. The number of carbonyl (C=O) groups is 1. The second-order valence-electron chi connectivity index (χ2n) is 3.20. The molecule has 0 spiro atoms. The normalized spacial score (nSPS) is 10.2. The van der Waals surface area contributed by atoms with Gasteiger partial charge in [0.05, 0.1) is 18.9 Å². The minimum absolute atomic E-state index is 0.212. The van der Waals surface area contributed by atoms with Crippen molar-refractivity contribution in [3.63, 3.8) is 0 Å². The van der Waals surface area contributed by atoms with Gasteiger partial charge in [0.25, 0.3) is 5.91 Å². The maximum atomic E-state index is 11.7. The second kappa shape index (κ2) is 5.12. The Morgan fingerprint density at radius 3 is 3.06 bits per heavy atom. The molecule has 88 valence electrons. The lowest BCUT2D eigenvalue weighted by Crippen LogP contribution is -2.13. The van der Waals surface area contributed by atoms with Gasteiger partial charge in [-0.15, -0.1) is 5.10 Å². The highest BCUT2D eigenvalue weighted by Crippen LogP contribution is 2.01. The monoisotopic (exact) mass is 233 g/mol. The molecule has 0 radical (unpaired) electrons. The van der Waals surface area contributed by atoms with Gasteiger partial charge in [-0.05, 0) is 0 Å². The van der Waals surface area contributed by atoms with E-state index in [2.05, 4.69) is 25.6 Å². The molecule has 0 aliphatic rings. The van der Waals surface area contributed by atoms with Crippen molar-refractivity contribution < 1.29 is 4.79 Å². The van der Waals surface area contributed by atoms with Crippen LogP contribution in [0.25, 0.3) is 0 Å². The minimum Gasteiger partial charge on any atom is -0.329 e. The van der Waals surface area contributed by atoms with Crippen molar-refractivity contribution >= 4 is 11.7 Å². The molecular formula is C9H11N7O. The Bertz CT molecular complexity index is 495. The lowest BCUT2D eigenvalue weighted by atomic mass is 10.4. The quantitative estimate of drug-likeness (QED) is 0.720. The first-order chi connectivity index (χ1) is 8.29. The van der Waals surface area contributed by atoms with Crippen molar-refractivity contribution in [3.8, 4) is 0 Å². The van der Waals surface area contributed by atoms with Gasteiger partial charge in [-0.2, -0.15) is 0 Å². The highest BCUT2D eigenvalue weighted by molar-refractivity contribution is 6.01.